The fourth-order valence-electron chi connectivity index (χ4n) is 1.64. The highest BCUT2D eigenvalue weighted by molar-refractivity contribution is 5.91. The summed E-state index contributed by atoms with van der Waals surface area (Å²) in [6.45, 7) is 0. The van der Waals surface area contributed by atoms with E-state index in [2.05, 4.69) is 0 Å². The molecule has 0 aliphatic heterocycles. The minimum absolute atomic E-state index is 0.220. The van der Waals surface area contributed by atoms with Gasteiger partial charge in [-0.05, 0) is 30.4 Å². The third kappa shape index (κ3) is 2.24. The lowest BCUT2D eigenvalue weighted by Crippen LogP contribution is -1.96. The number of halogens is 1. The van der Waals surface area contributed by atoms with Crippen LogP contribution in [0.4, 0.5) is 4.39 Å². The van der Waals surface area contributed by atoms with Crippen molar-refractivity contribution in [2.45, 2.75) is 12.8 Å². The van der Waals surface area contributed by atoms with Crippen LogP contribution in [0, 0.1) is 11.7 Å². The molecule has 0 atom stereocenters. The third-order valence-electron chi connectivity index (χ3n) is 2.48. The Morgan fingerprint density at radius 2 is 2.07 bits per heavy atom. The molecular formula is C12H11FO2. The summed E-state index contributed by atoms with van der Waals surface area (Å²) in [7, 11) is 0. The Balaban J connectivity index is 2.41. The largest absolute Gasteiger partial charge is 0.478 e. The molecule has 0 unspecified atom stereocenters. The van der Waals surface area contributed by atoms with Gasteiger partial charge in [0.1, 0.15) is 5.82 Å². The van der Waals surface area contributed by atoms with Gasteiger partial charge in [0.25, 0.3) is 0 Å². The van der Waals surface area contributed by atoms with E-state index in [0.29, 0.717) is 11.1 Å². The topological polar surface area (TPSA) is 37.3 Å². The lowest BCUT2D eigenvalue weighted by Gasteiger charge is -2.06. The van der Waals surface area contributed by atoms with Gasteiger partial charge < -0.3 is 5.11 Å². The van der Waals surface area contributed by atoms with Crippen LogP contribution in [0.3, 0.4) is 0 Å². The smallest absolute Gasteiger partial charge is 0.328 e. The second-order valence-corrected chi connectivity index (χ2v) is 3.69. The van der Waals surface area contributed by atoms with Crippen LogP contribution >= 0.6 is 0 Å². The van der Waals surface area contributed by atoms with Gasteiger partial charge in [-0.1, -0.05) is 18.2 Å². The summed E-state index contributed by atoms with van der Waals surface area (Å²) >= 11 is 0. The normalized spacial score (nSPS) is 16.5. The highest BCUT2D eigenvalue weighted by Gasteiger charge is 2.28. The molecule has 0 amide bonds. The first kappa shape index (κ1) is 9.90. The molecule has 2 nitrogen and oxygen atoms in total. The van der Waals surface area contributed by atoms with Gasteiger partial charge in [-0.15, -0.1) is 0 Å². The molecule has 0 bridgehead atoms. The van der Waals surface area contributed by atoms with Gasteiger partial charge in [0.05, 0.1) is 0 Å². The van der Waals surface area contributed by atoms with Gasteiger partial charge in [0.15, 0.2) is 0 Å². The van der Waals surface area contributed by atoms with Crippen molar-refractivity contribution in [1.82, 2.24) is 0 Å². The van der Waals surface area contributed by atoms with Crippen LogP contribution in [0.1, 0.15) is 18.4 Å². The molecule has 1 fully saturated rings. The number of aliphatic carboxylic acids is 1. The van der Waals surface area contributed by atoms with Crippen molar-refractivity contribution in [3.63, 3.8) is 0 Å². The van der Waals surface area contributed by atoms with Crippen LogP contribution in [0.5, 0.6) is 0 Å². The highest BCUT2D eigenvalue weighted by atomic mass is 19.1. The van der Waals surface area contributed by atoms with Gasteiger partial charge in [-0.3, -0.25) is 0 Å². The number of allylic oxidation sites excluding steroid dienone is 1. The first-order chi connectivity index (χ1) is 7.18. The molecule has 78 valence electrons. The van der Waals surface area contributed by atoms with E-state index in [1.54, 1.807) is 18.2 Å². The van der Waals surface area contributed by atoms with Gasteiger partial charge in [-0.2, -0.15) is 0 Å². The number of hydrogen-bond acceptors (Lipinski definition) is 1. The van der Waals surface area contributed by atoms with Gasteiger partial charge >= 0.3 is 5.97 Å². The lowest BCUT2D eigenvalue weighted by atomic mass is 10.0. The Morgan fingerprint density at radius 1 is 1.40 bits per heavy atom. The molecule has 0 radical (unpaired) electrons. The van der Waals surface area contributed by atoms with Crippen molar-refractivity contribution < 1.29 is 14.3 Å². The average Bonchev–Trinajstić information content (AvgIpc) is 2.98. The SMILES string of the molecule is O=C(O)/C=C(/c1ccccc1F)C1CC1. The van der Waals surface area contributed by atoms with Crippen LogP contribution in [-0.2, 0) is 4.79 Å². The summed E-state index contributed by atoms with van der Waals surface area (Å²) in [4.78, 5) is 10.6. The zero-order valence-electron chi connectivity index (χ0n) is 8.11. The van der Waals surface area contributed by atoms with Gasteiger partial charge in [0, 0.05) is 11.6 Å². The number of carboxylic acid groups (broad SMARTS) is 1. The maximum absolute atomic E-state index is 13.4. The van der Waals surface area contributed by atoms with Crippen LogP contribution < -0.4 is 0 Å². The molecule has 1 aromatic rings. The minimum Gasteiger partial charge on any atom is -0.478 e. The van der Waals surface area contributed by atoms with Crippen LogP contribution in [-0.4, -0.2) is 11.1 Å². The molecule has 15 heavy (non-hydrogen) atoms. The molecule has 1 aromatic carbocycles. The maximum Gasteiger partial charge on any atom is 0.328 e. The number of hydrogen-bond donors (Lipinski definition) is 1. The number of benzene rings is 1. The van der Waals surface area contributed by atoms with Gasteiger partial charge in [-0.25, -0.2) is 9.18 Å². The Hall–Kier alpha value is -1.64. The molecular weight excluding hydrogens is 195 g/mol. The monoisotopic (exact) mass is 206 g/mol. The Bertz CT molecular complexity index is 419. The predicted molar refractivity (Wildman–Crippen MR) is 54.7 cm³/mol. The van der Waals surface area contributed by atoms with Crippen LogP contribution in [0.2, 0.25) is 0 Å². The molecule has 0 saturated heterocycles. The number of carboxylic acids is 1. The number of rotatable bonds is 3. The van der Waals surface area contributed by atoms with E-state index in [1.165, 1.54) is 6.07 Å². The summed E-state index contributed by atoms with van der Waals surface area (Å²) in [5.74, 6) is -1.14. The number of carbonyl (C=O) groups is 1. The van der Waals surface area contributed by atoms with E-state index in [0.717, 1.165) is 18.9 Å². The first-order valence-electron chi connectivity index (χ1n) is 4.88. The van der Waals surface area contributed by atoms with Crippen molar-refractivity contribution in [3.05, 3.63) is 41.7 Å². The van der Waals surface area contributed by atoms with E-state index in [4.69, 9.17) is 5.11 Å². The summed E-state index contributed by atoms with van der Waals surface area (Å²) in [6.07, 6.45) is 3.02. The quantitative estimate of drug-likeness (QED) is 0.772. The summed E-state index contributed by atoms with van der Waals surface area (Å²) < 4.78 is 13.4. The molecule has 2 rings (SSSR count). The zero-order valence-corrected chi connectivity index (χ0v) is 8.11. The third-order valence-corrected chi connectivity index (χ3v) is 2.48. The van der Waals surface area contributed by atoms with Gasteiger partial charge in [0.2, 0.25) is 0 Å². The molecule has 1 aliphatic carbocycles. The highest BCUT2D eigenvalue weighted by Crippen LogP contribution is 2.42. The second kappa shape index (κ2) is 3.85. The molecule has 1 saturated carbocycles. The van der Waals surface area contributed by atoms with E-state index in [-0.39, 0.29) is 11.7 Å². The standard InChI is InChI=1S/C12H11FO2/c13-11-4-2-1-3-9(11)10(7-12(14)15)8-5-6-8/h1-4,7-8H,5-6H2,(H,14,15)/b10-7+. The Morgan fingerprint density at radius 3 is 2.60 bits per heavy atom. The second-order valence-electron chi connectivity index (χ2n) is 3.69. The van der Waals surface area contributed by atoms with Crippen molar-refractivity contribution in [1.29, 1.82) is 0 Å². The summed E-state index contributed by atoms with van der Waals surface area (Å²) in [6, 6.07) is 6.30. The van der Waals surface area contributed by atoms with Crippen LogP contribution in [0.15, 0.2) is 30.3 Å². The first-order valence-corrected chi connectivity index (χ1v) is 4.88. The van der Waals surface area contributed by atoms with Crippen molar-refractivity contribution in [3.8, 4) is 0 Å². The summed E-state index contributed by atoms with van der Waals surface area (Å²) in [5.41, 5.74) is 1.03. The molecule has 1 aliphatic rings. The Kier molecular flexibility index (Phi) is 2.54. The maximum atomic E-state index is 13.4. The molecule has 3 heteroatoms. The summed E-state index contributed by atoms with van der Waals surface area (Å²) in [5, 5.41) is 8.71. The fraction of sp³-hybridized carbons (Fsp3) is 0.250. The lowest BCUT2D eigenvalue weighted by molar-refractivity contribution is -0.131. The zero-order chi connectivity index (χ0) is 10.8. The van der Waals surface area contributed by atoms with Crippen molar-refractivity contribution in [2.24, 2.45) is 5.92 Å². The van der Waals surface area contributed by atoms with E-state index in [1.807, 2.05) is 0 Å². The van der Waals surface area contributed by atoms with E-state index < -0.39 is 5.97 Å². The molecule has 0 heterocycles. The van der Waals surface area contributed by atoms with E-state index in [9.17, 15) is 9.18 Å². The van der Waals surface area contributed by atoms with E-state index >= 15 is 0 Å². The minimum atomic E-state index is -1.01. The van der Waals surface area contributed by atoms with Crippen molar-refractivity contribution >= 4 is 11.5 Å². The van der Waals surface area contributed by atoms with Crippen LogP contribution in [0.25, 0.3) is 5.57 Å². The fourth-order valence-corrected chi connectivity index (χ4v) is 1.64. The average molecular weight is 206 g/mol. The Labute approximate surface area is 87.0 Å². The molecule has 0 spiro atoms. The molecule has 0 aromatic heterocycles. The predicted octanol–water partition coefficient (Wildman–Crippen LogP) is 2.70. The van der Waals surface area contributed by atoms with Crippen molar-refractivity contribution in [2.75, 3.05) is 0 Å². The molecule has 1 N–H and O–H groups in total.